The summed E-state index contributed by atoms with van der Waals surface area (Å²) in [4.78, 5) is 12.7. The summed E-state index contributed by atoms with van der Waals surface area (Å²) in [7, 11) is 0. The highest BCUT2D eigenvalue weighted by molar-refractivity contribution is 6.42. The molecule has 0 aliphatic rings. The Balaban J connectivity index is 1.83. The minimum Gasteiger partial charge on any atom is -0.319 e. The quantitative estimate of drug-likeness (QED) is 0.672. The van der Waals surface area contributed by atoms with Crippen molar-refractivity contribution in [2.75, 3.05) is 5.32 Å². The molecule has 2 aromatic heterocycles. The molecular formula is C19H21Cl2N5O. The molecule has 0 aliphatic heterocycles. The number of carbonyl (C=O) groups is 1. The Morgan fingerprint density at radius 2 is 1.85 bits per heavy atom. The van der Waals surface area contributed by atoms with Crippen LogP contribution in [0.1, 0.15) is 39.9 Å². The first kappa shape index (κ1) is 19.5. The van der Waals surface area contributed by atoms with Crippen LogP contribution < -0.4 is 5.32 Å². The Bertz CT molecular complexity index is 1010. The van der Waals surface area contributed by atoms with Gasteiger partial charge in [-0.1, -0.05) is 29.3 Å². The highest BCUT2D eigenvalue weighted by Gasteiger charge is 2.18. The molecule has 2 heterocycles. The Morgan fingerprint density at radius 1 is 1.11 bits per heavy atom. The lowest BCUT2D eigenvalue weighted by Crippen LogP contribution is -2.14. The Morgan fingerprint density at radius 3 is 2.48 bits per heavy atom. The standard InChI is InChI=1S/C19H21Cl2N5O/c1-5-25-12(3)15(9-22-25)19(27)23-18-11(2)24-26(13(18)4)10-14-6-7-16(20)17(21)8-14/h6-9H,5,10H2,1-4H3,(H,23,27). The Labute approximate surface area is 168 Å². The summed E-state index contributed by atoms with van der Waals surface area (Å²) >= 11 is 12.1. The second kappa shape index (κ2) is 7.74. The van der Waals surface area contributed by atoms with Gasteiger partial charge in [0.05, 0.1) is 45.4 Å². The second-order valence-electron chi connectivity index (χ2n) is 6.37. The van der Waals surface area contributed by atoms with Gasteiger partial charge in [-0.3, -0.25) is 14.2 Å². The number of aryl methyl sites for hydroxylation is 2. The van der Waals surface area contributed by atoms with Crippen LogP contribution in [0.4, 0.5) is 5.69 Å². The minimum atomic E-state index is -0.188. The number of hydrogen-bond acceptors (Lipinski definition) is 3. The van der Waals surface area contributed by atoms with E-state index in [-0.39, 0.29) is 5.91 Å². The SMILES string of the molecule is CCn1ncc(C(=O)Nc2c(C)nn(Cc3ccc(Cl)c(Cl)c3)c2C)c1C. The molecule has 1 N–H and O–H groups in total. The zero-order chi connectivity index (χ0) is 19.7. The number of rotatable bonds is 5. The molecule has 0 spiro atoms. The maximum atomic E-state index is 12.7. The van der Waals surface area contributed by atoms with Gasteiger partial charge in [-0.15, -0.1) is 0 Å². The van der Waals surface area contributed by atoms with E-state index in [1.54, 1.807) is 16.9 Å². The summed E-state index contributed by atoms with van der Waals surface area (Å²) < 4.78 is 3.63. The Kier molecular flexibility index (Phi) is 5.58. The van der Waals surface area contributed by atoms with Gasteiger partial charge in [0.15, 0.2) is 0 Å². The van der Waals surface area contributed by atoms with Gasteiger partial charge >= 0.3 is 0 Å². The van der Waals surface area contributed by atoms with Crippen LogP contribution in [0.5, 0.6) is 0 Å². The number of nitrogens with zero attached hydrogens (tertiary/aromatic N) is 4. The van der Waals surface area contributed by atoms with Crippen LogP contribution in [-0.4, -0.2) is 25.5 Å². The third-order valence-corrected chi connectivity index (χ3v) is 5.32. The molecule has 1 aromatic carbocycles. The van der Waals surface area contributed by atoms with Crippen molar-refractivity contribution in [3.05, 3.63) is 62.6 Å². The number of aromatic nitrogens is 4. The van der Waals surface area contributed by atoms with Gasteiger partial charge < -0.3 is 5.32 Å². The van der Waals surface area contributed by atoms with Gasteiger partial charge in [0, 0.05) is 12.2 Å². The third-order valence-electron chi connectivity index (χ3n) is 4.58. The van der Waals surface area contributed by atoms with Crippen molar-refractivity contribution < 1.29 is 4.79 Å². The van der Waals surface area contributed by atoms with E-state index in [9.17, 15) is 4.79 Å². The van der Waals surface area contributed by atoms with E-state index >= 15 is 0 Å². The van der Waals surface area contributed by atoms with Crippen molar-refractivity contribution in [3.8, 4) is 0 Å². The summed E-state index contributed by atoms with van der Waals surface area (Å²) in [6.07, 6.45) is 1.60. The molecule has 0 saturated carbocycles. The monoisotopic (exact) mass is 405 g/mol. The first-order chi connectivity index (χ1) is 12.8. The topological polar surface area (TPSA) is 64.7 Å². The molecule has 0 bridgehead atoms. The molecule has 27 heavy (non-hydrogen) atoms. The average Bonchev–Trinajstić information content (AvgIpc) is 3.12. The zero-order valence-corrected chi connectivity index (χ0v) is 17.2. The number of anilines is 1. The van der Waals surface area contributed by atoms with Gasteiger partial charge in [-0.05, 0) is 45.4 Å². The average molecular weight is 406 g/mol. The predicted octanol–water partition coefficient (Wildman–Crippen LogP) is 4.63. The van der Waals surface area contributed by atoms with Crippen LogP contribution in [0, 0.1) is 20.8 Å². The van der Waals surface area contributed by atoms with E-state index in [4.69, 9.17) is 23.2 Å². The fourth-order valence-electron chi connectivity index (χ4n) is 3.01. The van der Waals surface area contributed by atoms with Crippen LogP contribution in [0.15, 0.2) is 24.4 Å². The second-order valence-corrected chi connectivity index (χ2v) is 7.18. The number of hydrogen-bond donors (Lipinski definition) is 1. The lowest BCUT2D eigenvalue weighted by Gasteiger charge is -2.08. The van der Waals surface area contributed by atoms with Crippen molar-refractivity contribution in [3.63, 3.8) is 0 Å². The molecule has 1 amide bonds. The molecule has 0 unspecified atom stereocenters. The van der Waals surface area contributed by atoms with E-state index < -0.39 is 0 Å². The van der Waals surface area contributed by atoms with Gasteiger partial charge in [0.2, 0.25) is 0 Å². The summed E-state index contributed by atoms with van der Waals surface area (Å²) in [5.41, 5.74) is 4.71. The van der Waals surface area contributed by atoms with E-state index in [2.05, 4.69) is 15.5 Å². The van der Waals surface area contributed by atoms with Crippen LogP contribution in [-0.2, 0) is 13.1 Å². The van der Waals surface area contributed by atoms with Crippen LogP contribution in [0.3, 0.4) is 0 Å². The van der Waals surface area contributed by atoms with Crippen LogP contribution >= 0.6 is 23.2 Å². The number of carbonyl (C=O) groups excluding carboxylic acids is 1. The fraction of sp³-hybridized carbons (Fsp3) is 0.316. The zero-order valence-electron chi connectivity index (χ0n) is 15.7. The first-order valence-electron chi connectivity index (χ1n) is 8.63. The predicted molar refractivity (Wildman–Crippen MR) is 108 cm³/mol. The molecule has 142 valence electrons. The summed E-state index contributed by atoms with van der Waals surface area (Å²) in [5, 5.41) is 12.8. The summed E-state index contributed by atoms with van der Waals surface area (Å²) in [6, 6.07) is 5.49. The number of nitrogens with one attached hydrogen (secondary N) is 1. The smallest absolute Gasteiger partial charge is 0.259 e. The number of halogens is 2. The van der Waals surface area contributed by atoms with Gasteiger partial charge in [-0.25, -0.2) is 0 Å². The van der Waals surface area contributed by atoms with E-state index in [0.717, 1.165) is 29.2 Å². The van der Waals surface area contributed by atoms with Gasteiger partial charge in [0.1, 0.15) is 0 Å². The van der Waals surface area contributed by atoms with Crippen molar-refractivity contribution in [2.45, 2.75) is 40.8 Å². The summed E-state index contributed by atoms with van der Waals surface area (Å²) in [5.74, 6) is -0.188. The molecule has 0 atom stereocenters. The van der Waals surface area contributed by atoms with Gasteiger partial charge in [-0.2, -0.15) is 10.2 Å². The molecule has 0 fully saturated rings. The largest absolute Gasteiger partial charge is 0.319 e. The molecule has 3 rings (SSSR count). The van der Waals surface area contributed by atoms with Crippen molar-refractivity contribution >= 4 is 34.8 Å². The molecule has 0 aliphatic carbocycles. The molecule has 6 nitrogen and oxygen atoms in total. The van der Waals surface area contributed by atoms with Crippen molar-refractivity contribution in [1.29, 1.82) is 0 Å². The molecule has 8 heteroatoms. The Hall–Kier alpha value is -2.31. The maximum absolute atomic E-state index is 12.7. The lowest BCUT2D eigenvalue weighted by molar-refractivity contribution is 0.102. The maximum Gasteiger partial charge on any atom is 0.259 e. The lowest BCUT2D eigenvalue weighted by atomic mass is 10.2. The van der Waals surface area contributed by atoms with E-state index in [0.29, 0.717) is 27.8 Å². The van der Waals surface area contributed by atoms with Gasteiger partial charge in [0.25, 0.3) is 5.91 Å². The normalized spacial score (nSPS) is 11.0. The number of amides is 1. The van der Waals surface area contributed by atoms with Crippen molar-refractivity contribution in [2.24, 2.45) is 0 Å². The minimum absolute atomic E-state index is 0.188. The van der Waals surface area contributed by atoms with E-state index in [1.807, 2.05) is 44.5 Å². The van der Waals surface area contributed by atoms with Crippen LogP contribution in [0.2, 0.25) is 10.0 Å². The van der Waals surface area contributed by atoms with Crippen molar-refractivity contribution in [1.82, 2.24) is 19.6 Å². The number of benzene rings is 1. The molecule has 3 aromatic rings. The molecular weight excluding hydrogens is 385 g/mol. The summed E-state index contributed by atoms with van der Waals surface area (Å²) in [6.45, 7) is 8.93. The molecule has 0 saturated heterocycles. The first-order valence-corrected chi connectivity index (χ1v) is 9.39. The molecule has 0 radical (unpaired) electrons. The fourth-order valence-corrected chi connectivity index (χ4v) is 3.33. The van der Waals surface area contributed by atoms with Crippen LogP contribution in [0.25, 0.3) is 0 Å². The highest BCUT2D eigenvalue weighted by Crippen LogP contribution is 2.25. The third kappa shape index (κ3) is 3.87. The van der Waals surface area contributed by atoms with E-state index in [1.165, 1.54) is 0 Å². The highest BCUT2D eigenvalue weighted by atomic mass is 35.5.